The minimum atomic E-state index is -3.82. The molecule has 1 atom stereocenters. The number of benzene rings is 2. The number of rotatable bonds is 7. The summed E-state index contributed by atoms with van der Waals surface area (Å²) < 4.78 is 32.2. The Morgan fingerprint density at radius 2 is 1.74 bits per heavy atom. The molecule has 0 bridgehead atoms. The maximum atomic E-state index is 13.0. The lowest BCUT2D eigenvalue weighted by Crippen LogP contribution is -2.42. The lowest BCUT2D eigenvalue weighted by molar-refractivity contribution is -0.150. The summed E-state index contributed by atoms with van der Waals surface area (Å²) in [6.07, 6.45) is 0.918. The van der Waals surface area contributed by atoms with Crippen molar-refractivity contribution in [2.45, 2.75) is 50.5 Å². The Hall–Kier alpha value is -2.71. The lowest BCUT2D eigenvalue weighted by Gasteiger charge is -2.22. The van der Waals surface area contributed by atoms with E-state index >= 15 is 0 Å². The number of carbonyl (C=O) groups is 2. The van der Waals surface area contributed by atoms with E-state index in [9.17, 15) is 18.0 Å². The summed E-state index contributed by atoms with van der Waals surface area (Å²) >= 11 is 0. The zero-order valence-corrected chi connectivity index (χ0v) is 18.8. The zero-order chi connectivity index (χ0) is 22.6. The monoisotopic (exact) mass is 444 g/mol. The van der Waals surface area contributed by atoms with Crippen LogP contribution in [0.25, 0.3) is 0 Å². The SMILES string of the molecule is Cc1ccc(S(=O)(=O)N2CCCC2C(=O)OCC(=O)Nc2ccc(C(C)C)cc2)cc1. The molecule has 1 N–H and O–H groups in total. The van der Waals surface area contributed by atoms with E-state index in [0.717, 1.165) is 11.1 Å². The summed E-state index contributed by atoms with van der Waals surface area (Å²) in [5.41, 5.74) is 2.71. The van der Waals surface area contributed by atoms with E-state index in [1.807, 2.05) is 19.1 Å². The molecule has 1 fully saturated rings. The van der Waals surface area contributed by atoms with Gasteiger partial charge in [0.1, 0.15) is 6.04 Å². The molecule has 2 aromatic rings. The van der Waals surface area contributed by atoms with Gasteiger partial charge in [0.15, 0.2) is 6.61 Å². The number of anilines is 1. The van der Waals surface area contributed by atoms with E-state index in [-0.39, 0.29) is 11.4 Å². The predicted octanol–water partition coefficient (Wildman–Crippen LogP) is 3.45. The minimum Gasteiger partial charge on any atom is -0.454 e. The smallest absolute Gasteiger partial charge is 0.324 e. The first-order valence-electron chi connectivity index (χ1n) is 10.3. The van der Waals surface area contributed by atoms with Gasteiger partial charge in [0.2, 0.25) is 10.0 Å². The van der Waals surface area contributed by atoms with Crippen molar-refractivity contribution in [3.05, 3.63) is 59.7 Å². The molecule has 0 aliphatic carbocycles. The van der Waals surface area contributed by atoms with Gasteiger partial charge in [-0.2, -0.15) is 4.31 Å². The summed E-state index contributed by atoms with van der Waals surface area (Å²) in [6, 6.07) is 13.0. The standard InChI is InChI=1S/C23H28N2O5S/c1-16(2)18-8-10-19(11-9-18)24-22(26)15-30-23(27)21-5-4-14-25(21)31(28,29)20-12-6-17(3)7-13-20/h6-13,16,21H,4-5,14-15H2,1-3H3,(H,24,26). The van der Waals surface area contributed by atoms with Gasteiger partial charge in [0, 0.05) is 12.2 Å². The van der Waals surface area contributed by atoms with Gasteiger partial charge in [0.25, 0.3) is 5.91 Å². The summed E-state index contributed by atoms with van der Waals surface area (Å²) in [5.74, 6) is -0.800. The fourth-order valence-electron chi connectivity index (χ4n) is 3.49. The summed E-state index contributed by atoms with van der Waals surface area (Å²) in [5, 5.41) is 2.68. The first-order valence-corrected chi connectivity index (χ1v) is 11.8. The van der Waals surface area contributed by atoms with Crippen molar-refractivity contribution in [1.29, 1.82) is 0 Å². The molecule has 31 heavy (non-hydrogen) atoms. The fraction of sp³-hybridized carbons (Fsp3) is 0.391. The minimum absolute atomic E-state index is 0.139. The number of nitrogens with zero attached hydrogens (tertiary/aromatic N) is 1. The topological polar surface area (TPSA) is 92.8 Å². The zero-order valence-electron chi connectivity index (χ0n) is 18.0. The average molecular weight is 445 g/mol. The van der Waals surface area contributed by atoms with Crippen molar-refractivity contribution < 1.29 is 22.7 Å². The molecule has 7 nitrogen and oxygen atoms in total. The number of amides is 1. The molecule has 1 aliphatic rings. The molecule has 0 aromatic heterocycles. The first-order chi connectivity index (χ1) is 14.7. The van der Waals surface area contributed by atoms with Gasteiger partial charge in [-0.15, -0.1) is 0 Å². The molecule has 166 valence electrons. The van der Waals surface area contributed by atoms with Gasteiger partial charge >= 0.3 is 5.97 Å². The van der Waals surface area contributed by atoms with Crippen LogP contribution in [0.15, 0.2) is 53.4 Å². The summed E-state index contributed by atoms with van der Waals surface area (Å²) in [6.45, 7) is 5.80. The van der Waals surface area contributed by atoms with E-state index in [4.69, 9.17) is 4.74 Å². The van der Waals surface area contributed by atoms with Crippen molar-refractivity contribution in [1.82, 2.24) is 4.31 Å². The third-order valence-electron chi connectivity index (χ3n) is 5.31. The van der Waals surface area contributed by atoms with Crippen LogP contribution in [0, 0.1) is 6.92 Å². The summed E-state index contributed by atoms with van der Waals surface area (Å²) in [4.78, 5) is 24.9. The molecule has 3 rings (SSSR count). The Morgan fingerprint density at radius 3 is 2.35 bits per heavy atom. The molecule has 0 spiro atoms. The molecule has 0 radical (unpaired) electrons. The Morgan fingerprint density at radius 1 is 1.10 bits per heavy atom. The van der Waals surface area contributed by atoms with Gasteiger partial charge in [-0.1, -0.05) is 43.7 Å². The Labute approximate surface area is 183 Å². The van der Waals surface area contributed by atoms with Crippen LogP contribution in [0.1, 0.15) is 43.7 Å². The van der Waals surface area contributed by atoms with Gasteiger partial charge in [0.05, 0.1) is 4.90 Å². The van der Waals surface area contributed by atoms with Crippen molar-refractivity contribution in [2.24, 2.45) is 0 Å². The highest BCUT2D eigenvalue weighted by Gasteiger charge is 2.40. The lowest BCUT2D eigenvalue weighted by atomic mass is 10.0. The van der Waals surface area contributed by atoms with Gasteiger partial charge in [-0.25, -0.2) is 8.42 Å². The number of sulfonamides is 1. The van der Waals surface area contributed by atoms with Crippen LogP contribution in [0.5, 0.6) is 0 Å². The van der Waals surface area contributed by atoms with Gasteiger partial charge in [-0.05, 0) is 55.5 Å². The number of nitrogens with one attached hydrogen (secondary N) is 1. The van der Waals surface area contributed by atoms with Crippen molar-refractivity contribution in [3.63, 3.8) is 0 Å². The molecule has 8 heteroatoms. The van der Waals surface area contributed by atoms with Crippen LogP contribution in [0.3, 0.4) is 0 Å². The number of ether oxygens (including phenoxy) is 1. The third-order valence-corrected chi connectivity index (χ3v) is 7.23. The number of aryl methyl sites for hydroxylation is 1. The second-order valence-corrected chi connectivity index (χ2v) is 9.91. The number of esters is 1. The normalized spacial score (nSPS) is 17.0. The van der Waals surface area contributed by atoms with Crippen LogP contribution >= 0.6 is 0 Å². The van der Waals surface area contributed by atoms with E-state index < -0.39 is 34.5 Å². The molecular weight excluding hydrogens is 416 g/mol. The predicted molar refractivity (Wildman–Crippen MR) is 118 cm³/mol. The van der Waals surface area contributed by atoms with Gasteiger partial charge in [-0.3, -0.25) is 9.59 Å². The highest BCUT2D eigenvalue weighted by Crippen LogP contribution is 2.27. The van der Waals surface area contributed by atoms with Crippen LogP contribution in [-0.2, 0) is 24.3 Å². The number of hydrogen-bond donors (Lipinski definition) is 1. The fourth-order valence-corrected chi connectivity index (χ4v) is 5.14. The van der Waals surface area contributed by atoms with Crippen molar-refractivity contribution in [3.8, 4) is 0 Å². The van der Waals surface area contributed by atoms with E-state index in [0.29, 0.717) is 24.4 Å². The summed E-state index contributed by atoms with van der Waals surface area (Å²) in [7, 11) is -3.82. The highest BCUT2D eigenvalue weighted by atomic mass is 32.2. The Bertz CT molecular complexity index is 1030. The van der Waals surface area contributed by atoms with E-state index in [2.05, 4.69) is 19.2 Å². The highest BCUT2D eigenvalue weighted by molar-refractivity contribution is 7.89. The molecule has 2 aromatic carbocycles. The quantitative estimate of drug-likeness (QED) is 0.661. The van der Waals surface area contributed by atoms with Crippen LogP contribution < -0.4 is 5.32 Å². The molecule has 1 amide bonds. The largest absolute Gasteiger partial charge is 0.454 e. The molecule has 1 unspecified atom stereocenters. The third kappa shape index (κ3) is 5.51. The second kappa shape index (κ2) is 9.62. The van der Waals surface area contributed by atoms with Crippen LogP contribution in [-0.4, -0.2) is 43.8 Å². The number of hydrogen-bond acceptors (Lipinski definition) is 5. The first kappa shape index (κ1) is 23.0. The Kier molecular flexibility index (Phi) is 7.12. The molecule has 1 heterocycles. The van der Waals surface area contributed by atoms with E-state index in [1.165, 1.54) is 16.4 Å². The maximum Gasteiger partial charge on any atom is 0.324 e. The molecule has 0 saturated carbocycles. The van der Waals surface area contributed by atoms with Gasteiger partial charge < -0.3 is 10.1 Å². The molecule has 1 aliphatic heterocycles. The average Bonchev–Trinajstić information content (AvgIpc) is 3.24. The molecule has 1 saturated heterocycles. The second-order valence-electron chi connectivity index (χ2n) is 8.02. The Balaban J connectivity index is 1.59. The maximum absolute atomic E-state index is 13.0. The van der Waals surface area contributed by atoms with Crippen LogP contribution in [0.2, 0.25) is 0 Å². The van der Waals surface area contributed by atoms with Crippen LogP contribution in [0.4, 0.5) is 5.69 Å². The van der Waals surface area contributed by atoms with Crippen molar-refractivity contribution >= 4 is 27.6 Å². The molecular formula is C23H28N2O5S. The number of carbonyl (C=O) groups excluding carboxylic acids is 2. The van der Waals surface area contributed by atoms with E-state index in [1.54, 1.807) is 24.3 Å². The van der Waals surface area contributed by atoms with Crippen molar-refractivity contribution in [2.75, 3.05) is 18.5 Å².